The van der Waals surface area contributed by atoms with Crippen LogP contribution in [0, 0.1) is 11.8 Å². The second-order valence-electron chi connectivity index (χ2n) is 7.55. The molecule has 2 aliphatic carbocycles. The van der Waals surface area contributed by atoms with Crippen LogP contribution in [-0.2, 0) is 17.9 Å². The number of hydrogen-bond donors (Lipinski definition) is 1. The zero-order valence-electron chi connectivity index (χ0n) is 14.2. The molecule has 2 fully saturated rings. The average molecular weight is 350 g/mol. The first kappa shape index (κ1) is 16.5. The quantitative estimate of drug-likeness (QED) is 0.858. The van der Waals surface area contributed by atoms with Crippen molar-refractivity contribution in [1.29, 1.82) is 0 Å². The highest BCUT2D eigenvalue weighted by Gasteiger charge is 2.30. The first-order chi connectivity index (χ1) is 11.7. The summed E-state index contributed by atoms with van der Waals surface area (Å²) in [4.78, 5) is 14.5. The summed E-state index contributed by atoms with van der Waals surface area (Å²) >= 11 is 1.78. The third-order valence-electron chi connectivity index (χ3n) is 5.56. The molecule has 4 rings (SSSR count). The fourth-order valence-electron chi connectivity index (χ4n) is 3.53. The van der Waals surface area contributed by atoms with E-state index in [9.17, 15) is 9.90 Å². The number of rotatable bonds is 6. The number of hydrogen-bond acceptors (Lipinski definition) is 4. The minimum Gasteiger partial charge on any atom is -0.386 e. The Morgan fingerprint density at radius 3 is 2.83 bits per heavy atom. The summed E-state index contributed by atoms with van der Waals surface area (Å²) in [5.41, 5.74) is 1.87. The van der Waals surface area contributed by atoms with Gasteiger partial charge >= 0.3 is 0 Å². The molecule has 0 saturated heterocycles. The van der Waals surface area contributed by atoms with Crippen LogP contribution in [0.25, 0.3) is 0 Å². The number of carbonyl (C=O) groups excluding carboxylic acids is 1. The topological polar surface area (TPSA) is 58.4 Å². The highest BCUT2D eigenvalue weighted by molar-refractivity contribution is 7.99. The van der Waals surface area contributed by atoms with Crippen molar-refractivity contribution in [2.45, 2.75) is 57.7 Å². The molecule has 1 aromatic rings. The van der Waals surface area contributed by atoms with Gasteiger partial charge in [0.2, 0.25) is 5.91 Å². The van der Waals surface area contributed by atoms with Crippen LogP contribution in [0.5, 0.6) is 0 Å². The fourth-order valence-corrected chi connectivity index (χ4v) is 4.67. The molecule has 0 unspecified atom stereocenters. The van der Waals surface area contributed by atoms with Gasteiger partial charge in [-0.05, 0) is 55.8 Å². The Hall–Kier alpha value is -1.01. The van der Waals surface area contributed by atoms with E-state index in [0.717, 1.165) is 55.4 Å². The smallest absolute Gasteiger partial charge is 0.232 e. The summed E-state index contributed by atoms with van der Waals surface area (Å²) in [5, 5.41) is 15.1. The summed E-state index contributed by atoms with van der Waals surface area (Å²) in [6.07, 6.45) is 6.62. The van der Waals surface area contributed by atoms with E-state index in [2.05, 4.69) is 5.10 Å². The maximum Gasteiger partial charge on any atom is 0.232 e. The van der Waals surface area contributed by atoms with Crippen LogP contribution in [0.3, 0.4) is 0 Å². The molecular formula is C18H27N3O2S. The normalized spacial score (nSPS) is 22.6. The van der Waals surface area contributed by atoms with Gasteiger partial charge in [-0.1, -0.05) is 6.42 Å². The molecule has 24 heavy (non-hydrogen) atoms. The van der Waals surface area contributed by atoms with E-state index in [0.29, 0.717) is 18.2 Å². The van der Waals surface area contributed by atoms with Crippen LogP contribution in [0.1, 0.15) is 56.0 Å². The molecule has 1 amide bonds. The van der Waals surface area contributed by atoms with Gasteiger partial charge in [0.25, 0.3) is 0 Å². The lowest BCUT2D eigenvalue weighted by atomic mass is 9.80. The number of carbonyl (C=O) groups is 1. The van der Waals surface area contributed by atoms with E-state index in [4.69, 9.17) is 0 Å². The van der Waals surface area contributed by atoms with E-state index in [1.54, 1.807) is 11.8 Å². The Morgan fingerprint density at radius 2 is 2.12 bits per heavy atom. The molecule has 0 aromatic carbocycles. The fraction of sp³-hybridized carbons (Fsp3) is 0.778. The molecule has 1 aliphatic heterocycles. The van der Waals surface area contributed by atoms with Gasteiger partial charge in [-0.3, -0.25) is 9.48 Å². The second-order valence-corrected chi connectivity index (χ2v) is 8.58. The van der Waals surface area contributed by atoms with E-state index >= 15 is 0 Å². The Morgan fingerprint density at radius 1 is 1.29 bits per heavy atom. The number of aliphatic hydroxyl groups excluding tert-OH is 1. The van der Waals surface area contributed by atoms with Crippen molar-refractivity contribution < 1.29 is 9.90 Å². The monoisotopic (exact) mass is 349 g/mol. The molecule has 5 nitrogen and oxygen atoms in total. The largest absolute Gasteiger partial charge is 0.386 e. The Balaban J connectivity index is 1.37. The van der Waals surface area contributed by atoms with Gasteiger partial charge in [-0.2, -0.15) is 16.9 Å². The standard InChI is InChI=1S/C18H27N3O2S/c22-17(12-24-11-13-5-6-13)20-7-2-8-21-15(10-20)9-16(19-21)18(23)14-3-1-4-14/h9,13-14,18,23H,1-8,10-12H2/t18-/m0/s1. The third-order valence-corrected chi connectivity index (χ3v) is 6.72. The molecule has 1 atom stereocenters. The maximum atomic E-state index is 12.5. The highest BCUT2D eigenvalue weighted by Crippen LogP contribution is 2.37. The van der Waals surface area contributed by atoms with Crippen LogP contribution >= 0.6 is 11.8 Å². The SMILES string of the molecule is O=C(CSCC1CC1)N1CCCn2nc([C@@H](O)C3CCC3)cc2C1. The number of thioether (sulfide) groups is 1. The predicted octanol–water partition coefficient (Wildman–Crippen LogP) is 2.59. The van der Waals surface area contributed by atoms with Gasteiger partial charge in [-0.25, -0.2) is 0 Å². The van der Waals surface area contributed by atoms with Crippen molar-refractivity contribution >= 4 is 17.7 Å². The molecular weight excluding hydrogens is 322 g/mol. The van der Waals surface area contributed by atoms with Gasteiger partial charge in [0, 0.05) is 13.1 Å². The summed E-state index contributed by atoms with van der Waals surface area (Å²) < 4.78 is 2.00. The average Bonchev–Trinajstić information content (AvgIpc) is 3.28. The highest BCUT2D eigenvalue weighted by atomic mass is 32.2. The number of aryl methyl sites for hydroxylation is 1. The molecule has 0 bridgehead atoms. The first-order valence-corrected chi connectivity index (χ1v) is 10.5. The summed E-state index contributed by atoms with van der Waals surface area (Å²) in [6.45, 7) is 2.28. The number of nitrogens with zero attached hydrogens (tertiary/aromatic N) is 3. The van der Waals surface area contributed by atoms with Gasteiger partial charge < -0.3 is 10.0 Å². The zero-order chi connectivity index (χ0) is 16.5. The third kappa shape index (κ3) is 3.64. The number of aliphatic hydroxyl groups is 1. The lowest BCUT2D eigenvalue weighted by Crippen LogP contribution is -2.32. The van der Waals surface area contributed by atoms with Crippen LogP contribution in [-0.4, -0.2) is 43.7 Å². The number of aromatic nitrogens is 2. The van der Waals surface area contributed by atoms with Crippen LogP contribution in [0.4, 0.5) is 0 Å². The minimum atomic E-state index is -0.434. The number of amides is 1. The van der Waals surface area contributed by atoms with E-state index in [1.165, 1.54) is 19.3 Å². The van der Waals surface area contributed by atoms with Crippen molar-refractivity contribution in [3.05, 3.63) is 17.5 Å². The predicted molar refractivity (Wildman–Crippen MR) is 94.6 cm³/mol. The van der Waals surface area contributed by atoms with Gasteiger partial charge in [0.1, 0.15) is 6.10 Å². The van der Waals surface area contributed by atoms with E-state index < -0.39 is 6.10 Å². The zero-order valence-corrected chi connectivity index (χ0v) is 15.0. The Labute approximate surface area is 147 Å². The molecule has 132 valence electrons. The summed E-state index contributed by atoms with van der Waals surface area (Å²) in [7, 11) is 0. The molecule has 3 aliphatic rings. The molecule has 6 heteroatoms. The van der Waals surface area contributed by atoms with Crippen LogP contribution in [0.2, 0.25) is 0 Å². The van der Waals surface area contributed by atoms with Crippen LogP contribution in [0.15, 0.2) is 6.07 Å². The van der Waals surface area contributed by atoms with Gasteiger partial charge in [0.05, 0.1) is 23.7 Å². The molecule has 2 saturated carbocycles. The lowest BCUT2D eigenvalue weighted by molar-refractivity contribution is -0.128. The molecule has 1 aromatic heterocycles. The number of fused-ring (bicyclic) bond motifs is 1. The van der Waals surface area contributed by atoms with Gasteiger partial charge in [0.15, 0.2) is 0 Å². The van der Waals surface area contributed by atoms with Crippen molar-refractivity contribution in [3.8, 4) is 0 Å². The molecule has 2 heterocycles. The molecule has 0 radical (unpaired) electrons. The molecule has 0 spiro atoms. The Bertz CT molecular complexity index is 595. The second kappa shape index (κ2) is 7.08. The summed E-state index contributed by atoms with van der Waals surface area (Å²) in [6, 6.07) is 2.02. The van der Waals surface area contributed by atoms with Crippen molar-refractivity contribution in [2.75, 3.05) is 18.1 Å². The molecule has 1 N–H and O–H groups in total. The minimum absolute atomic E-state index is 0.247. The van der Waals surface area contributed by atoms with Crippen LogP contribution < -0.4 is 0 Å². The van der Waals surface area contributed by atoms with Crippen molar-refractivity contribution in [3.63, 3.8) is 0 Å². The Kier molecular flexibility index (Phi) is 4.86. The first-order valence-electron chi connectivity index (χ1n) is 9.31. The van der Waals surface area contributed by atoms with Crippen molar-refractivity contribution in [2.24, 2.45) is 11.8 Å². The maximum absolute atomic E-state index is 12.5. The van der Waals surface area contributed by atoms with E-state index in [1.807, 2.05) is 15.6 Å². The summed E-state index contributed by atoms with van der Waals surface area (Å²) in [5.74, 6) is 3.22. The lowest BCUT2D eigenvalue weighted by Gasteiger charge is -2.29. The van der Waals surface area contributed by atoms with Crippen molar-refractivity contribution in [1.82, 2.24) is 14.7 Å². The van der Waals surface area contributed by atoms with E-state index in [-0.39, 0.29) is 5.91 Å². The van der Waals surface area contributed by atoms with Gasteiger partial charge in [-0.15, -0.1) is 0 Å².